The number of anilines is 1. The second-order valence-electron chi connectivity index (χ2n) is 8.50. The molecule has 1 fully saturated rings. The predicted molar refractivity (Wildman–Crippen MR) is 141 cm³/mol. The number of carbonyl (C=O) groups is 1. The maximum absolute atomic E-state index is 14.0. The minimum atomic E-state index is -3.85. The lowest BCUT2D eigenvalue weighted by Crippen LogP contribution is -2.47. The average molecular weight is 547 g/mol. The number of thiophene rings is 1. The van der Waals surface area contributed by atoms with Gasteiger partial charge in [-0.05, 0) is 68.1 Å². The van der Waals surface area contributed by atoms with E-state index >= 15 is 0 Å². The van der Waals surface area contributed by atoms with Crippen LogP contribution in [0, 0.1) is 13.8 Å². The molecular formula is C24H23ClN4O3S3. The van der Waals surface area contributed by atoms with E-state index in [9.17, 15) is 13.2 Å². The molecule has 0 bridgehead atoms. The Labute approximate surface area is 217 Å². The molecule has 7 nitrogen and oxygen atoms in total. The van der Waals surface area contributed by atoms with Gasteiger partial charge in [-0.25, -0.2) is 13.4 Å². The molecular weight excluding hydrogens is 524 g/mol. The Bertz CT molecular complexity index is 1500. The third-order valence-electron chi connectivity index (χ3n) is 5.96. The van der Waals surface area contributed by atoms with Crippen LogP contribution in [0.25, 0.3) is 10.2 Å². The van der Waals surface area contributed by atoms with Crippen LogP contribution in [-0.4, -0.2) is 41.2 Å². The normalized spacial score (nSPS) is 16.7. The summed E-state index contributed by atoms with van der Waals surface area (Å²) in [6.45, 7) is 4.51. The van der Waals surface area contributed by atoms with Crippen LogP contribution in [0.3, 0.4) is 0 Å². The molecule has 4 heterocycles. The van der Waals surface area contributed by atoms with Gasteiger partial charge in [0.05, 0.1) is 26.8 Å². The van der Waals surface area contributed by atoms with E-state index < -0.39 is 16.1 Å². The molecule has 1 atom stereocenters. The SMILES string of the molecule is Cc1cc(C)c2nc(N(Cc3ccccn3)C(=O)C3CCCN3S(=O)(=O)c3ccc(Cl)s3)sc2c1. The van der Waals surface area contributed by atoms with E-state index in [1.165, 1.54) is 21.7 Å². The predicted octanol–water partition coefficient (Wildman–Crippen LogP) is 5.41. The number of halogens is 1. The highest BCUT2D eigenvalue weighted by Crippen LogP contribution is 2.36. The van der Waals surface area contributed by atoms with Gasteiger partial charge in [-0.15, -0.1) is 11.3 Å². The summed E-state index contributed by atoms with van der Waals surface area (Å²) in [5.41, 5.74) is 3.70. The number of sulfonamides is 1. The molecule has 1 aliphatic rings. The number of nitrogens with zero attached hydrogens (tertiary/aromatic N) is 4. The monoisotopic (exact) mass is 546 g/mol. The minimum Gasteiger partial charge on any atom is -0.281 e. The Kier molecular flexibility index (Phi) is 6.67. The molecule has 0 N–H and O–H groups in total. The fourth-order valence-corrected chi connectivity index (χ4v) is 8.78. The highest BCUT2D eigenvalue weighted by Gasteiger charge is 2.42. The molecule has 1 amide bonds. The molecule has 182 valence electrons. The van der Waals surface area contributed by atoms with E-state index in [4.69, 9.17) is 16.6 Å². The molecule has 1 aromatic carbocycles. The zero-order chi connectivity index (χ0) is 24.7. The van der Waals surface area contributed by atoms with Gasteiger partial charge in [-0.2, -0.15) is 4.31 Å². The lowest BCUT2D eigenvalue weighted by Gasteiger charge is -2.28. The van der Waals surface area contributed by atoms with E-state index in [2.05, 4.69) is 17.1 Å². The maximum atomic E-state index is 14.0. The van der Waals surface area contributed by atoms with E-state index in [-0.39, 0.29) is 23.2 Å². The van der Waals surface area contributed by atoms with Crippen molar-refractivity contribution < 1.29 is 13.2 Å². The van der Waals surface area contributed by atoms with Crippen molar-refractivity contribution >= 4 is 65.6 Å². The fourth-order valence-electron chi connectivity index (χ4n) is 4.37. The van der Waals surface area contributed by atoms with E-state index in [0.29, 0.717) is 28.0 Å². The summed E-state index contributed by atoms with van der Waals surface area (Å²) >= 11 is 8.43. The van der Waals surface area contributed by atoms with Gasteiger partial charge >= 0.3 is 0 Å². The first-order valence-corrected chi connectivity index (χ1v) is 14.6. The van der Waals surface area contributed by atoms with Crippen molar-refractivity contribution in [2.75, 3.05) is 11.4 Å². The highest BCUT2D eigenvalue weighted by molar-refractivity contribution is 7.91. The number of aromatic nitrogens is 2. The van der Waals surface area contributed by atoms with Crippen LogP contribution in [0.2, 0.25) is 4.34 Å². The number of pyridine rings is 1. The summed E-state index contributed by atoms with van der Waals surface area (Å²) in [6.07, 6.45) is 2.72. The Hall–Kier alpha value is -2.37. The number of rotatable bonds is 6. The Morgan fingerprint density at radius 2 is 2.03 bits per heavy atom. The quantitative estimate of drug-likeness (QED) is 0.323. The first-order chi connectivity index (χ1) is 16.7. The van der Waals surface area contributed by atoms with Crippen LogP contribution in [0.1, 0.15) is 29.7 Å². The first-order valence-electron chi connectivity index (χ1n) is 11.1. The minimum absolute atomic E-state index is 0.143. The van der Waals surface area contributed by atoms with E-state index in [1.54, 1.807) is 17.2 Å². The molecule has 0 spiro atoms. The fraction of sp³-hybridized carbons (Fsp3) is 0.292. The average Bonchev–Trinajstić information content (AvgIpc) is 3.57. The van der Waals surface area contributed by atoms with Crippen molar-refractivity contribution in [2.45, 2.75) is 43.5 Å². The van der Waals surface area contributed by atoms with Crippen LogP contribution < -0.4 is 4.90 Å². The number of carbonyl (C=O) groups excluding carboxylic acids is 1. The number of hydrogen-bond donors (Lipinski definition) is 0. The smallest absolute Gasteiger partial charge is 0.253 e. The van der Waals surface area contributed by atoms with Gasteiger partial charge < -0.3 is 0 Å². The zero-order valence-electron chi connectivity index (χ0n) is 19.1. The number of benzene rings is 1. The number of aryl methyl sites for hydroxylation is 2. The van der Waals surface area contributed by atoms with Gasteiger partial charge in [0, 0.05) is 12.7 Å². The summed E-state index contributed by atoms with van der Waals surface area (Å²) in [7, 11) is -3.85. The number of amides is 1. The van der Waals surface area contributed by atoms with Crippen LogP contribution in [-0.2, 0) is 21.4 Å². The lowest BCUT2D eigenvalue weighted by atomic mass is 10.1. The highest BCUT2D eigenvalue weighted by atomic mass is 35.5. The molecule has 11 heteroatoms. The molecule has 0 saturated carbocycles. The standard InChI is InChI=1S/C24H23ClN4O3S3/c1-15-12-16(2)22-19(13-15)33-24(27-22)28(14-17-6-3-4-10-26-17)23(30)18-7-5-11-29(18)35(31,32)21-9-8-20(25)34-21/h3-4,6,8-10,12-13,18H,5,7,11,14H2,1-2H3. The van der Waals surface area contributed by atoms with E-state index in [0.717, 1.165) is 32.7 Å². The number of thiazole rings is 1. The van der Waals surface area contributed by atoms with Crippen LogP contribution in [0.4, 0.5) is 5.13 Å². The Balaban J connectivity index is 1.54. The molecule has 3 aromatic heterocycles. The van der Waals surface area contributed by atoms with Crippen LogP contribution >= 0.6 is 34.3 Å². The first kappa shape index (κ1) is 24.3. The molecule has 4 aromatic rings. The Morgan fingerprint density at radius 3 is 2.74 bits per heavy atom. The summed E-state index contributed by atoms with van der Waals surface area (Å²) in [6, 6.07) is 11.9. The summed E-state index contributed by atoms with van der Waals surface area (Å²) in [5.74, 6) is -0.298. The van der Waals surface area contributed by atoms with Gasteiger partial charge in [-0.3, -0.25) is 14.7 Å². The summed E-state index contributed by atoms with van der Waals surface area (Å²) < 4.78 is 29.6. The Morgan fingerprint density at radius 1 is 1.20 bits per heavy atom. The third kappa shape index (κ3) is 4.73. The molecule has 1 unspecified atom stereocenters. The van der Waals surface area contributed by atoms with Gasteiger partial charge in [0.2, 0.25) is 5.91 Å². The number of fused-ring (bicyclic) bond motifs is 1. The second kappa shape index (κ2) is 9.59. The third-order valence-corrected chi connectivity index (χ3v) is 10.6. The largest absolute Gasteiger partial charge is 0.281 e. The van der Waals surface area contributed by atoms with Crippen molar-refractivity contribution in [2.24, 2.45) is 0 Å². The van der Waals surface area contributed by atoms with E-state index in [1.807, 2.05) is 32.0 Å². The molecule has 5 rings (SSSR count). The zero-order valence-corrected chi connectivity index (χ0v) is 22.3. The lowest BCUT2D eigenvalue weighted by molar-refractivity contribution is -0.121. The summed E-state index contributed by atoms with van der Waals surface area (Å²) in [5, 5.41) is 0.535. The van der Waals surface area contributed by atoms with Crippen LogP contribution in [0.5, 0.6) is 0 Å². The van der Waals surface area contributed by atoms with Crippen molar-refractivity contribution in [3.63, 3.8) is 0 Å². The van der Waals surface area contributed by atoms with Crippen molar-refractivity contribution in [3.8, 4) is 0 Å². The van der Waals surface area contributed by atoms with Gasteiger partial charge in [0.1, 0.15) is 10.3 Å². The van der Waals surface area contributed by atoms with Gasteiger partial charge in [0.15, 0.2) is 5.13 Å². The second-order valence-corrected chi connectivity index (χ2v) is 13.3. The van der Waals surface area contributed by atoms with Crippen molar-refractivity contribution in [1.82, 2.24) is 14.3 Å². The van der Waals surface area contributed by atoms with Gasteiger partial charge in [-0.1, -0.05) is 35.1 Å². The van der Waals surface area contributed by atoms with Crippen LogP contribution in [0.15, 0.2) is 52.9 Å². The summed E-state index contributed by atoms with van der Waals surface area (Å²) in [4.78, 5) is 24.8. The molecule has 0 aliphatic carbocycles. The van der Waals surface area contributed by atoms with Gasteiger partial charge in [0.25, 0.3) is 10.0 Å². The molecule has 35 heavy (non-hydrogen) atoms. The molecule has 0 radical (unpaired) electrons. The van der Waals surface area contributed by atoms with Crippen molar-refractivity contribution in [1.29, 1.82) is 0 Å². The van der Waals surface area contributed by atoms with Crippen molar-refractivity contribution in [3.05, 3.63) is 69.8 Å². The molecule has 1 aliphatic heterocycles. The topological polar surface area (TPSA) is 83.5 Å². The molecule has 1 saturated heterocycles. The number of hydrogen-bond acceptors (Lipinski definition) is 7. The maximum Gasteiger partial charge on any atom is 0.253 e.